The minimum absolute atomic E-state index is 0.0755. The normalized spacial score (nSPS) is 18.6. The number of hydrogen-bond donors (Lipinski definition) is 1. The molecule has 2 atom stereocenters. The molecule has 2 unspecified atom stereocenters. The Labute approximate surface area is 246 Å². The Kier molecular flexibility index (Phi) is 8.44. The molecule has 0 radical (unpaired) electrons. The topological polar surface area (TPSA) is 71.8 Å². The van der Waals surface area contributed by atoms with Gasteiger partial charge < -0.3 is 19.3 Å². The maximum Gasteiger partial charge on any atom is 0.309 e. The van der Waals surface area contributed by atoms with Crippen LogP contribution in [0.1, 0.15) is 69.3 Å². The summed E-state index contributed by atoms with van der Waals surface area (Å²) in [6.07, 6.45) is 5.22. The van der Waals surface area contributed by atoms with Crippen LogP contribution >= 0.6 is 23.4 Å². The van der Waals surface area contributed by atoms with Crippen LogP contribution in [0.5, 0.6) is 5.75 Å². The lowest BCUT2D eigenvalue weighted by molar-refractivity contribution is -0.147. The van der Waals surface area contributed by atoms with Crippen LogP contribution in [0.2, 0.25) is 5.02 Å². The first-order chi connectivity index (χ1) is 19.0. The number of amides is 1. The van der Waals surface area contributed by atoms with E-state index in [2.05, 4.69) is 23.6 Å². The van der Waals surface area contributed by atoms with Crippen LogP contribution in [0.3, 0.4) is 0 Å². The molecule has 2 heterocycles. The Morgan fingerprint density at radius 3 is 2.52 bits per heavy atom. The minimum Gasteiger partial charge on any atom is -0.491 e. The van der Waals surface area contributed by atoms with E-state index in [0.717, 1.165) is 34.9 Å². The smallest absolute Gasteiger partial charge is 0.309 e. The first kappa shape index (κ1) is 28.9. The minimum atomic E-state index is -0.924. The molecule has 1 aliphatic heterocycles. The van der Waals surface area contributed by atoms with Crippen molar-refractivity contribution < 1.29 is 19.4 Å². The van der Waals surface area contributed by atoms with Gasteiger partial charge in [0.05, 0.1) is 23.4 Å². The second kappa shape index (κ2) is 11.7. The largest absolute Gasteiger partial charge is 0.491 e. The number of thioether (sulfide) groups is 1. The number of halogens is 1. The van der Waals surface area contributed by atoms with Gasteiger partial charge in [-0.15, -0.1) is 11.8 Å². The Morgan fingerprint density at radius 2 is 1.90 bits per heavy atom. The number of carboxylic acid groups (broad SMARTS) is 1. The van der Waals surface area contributed by atoms with Gasteiger partial charge in [-0.25, -0.2) is 0 Å². The first-order valence-corrected chi connectivity index (χ1v) is 15.7. The van der Waals surface area contributed by atoms with E-state index < -0.39 is 11.4 Å². The van der Waals surface area contributed by atoms with Crippen LogP contribution in [0.4, 0.5) is 0 Å². The molecule has 6 nitrogen and oxygen atoms in total. The van der Waals surface area contributed by atoms with E-state index in [-0.39, 0.29) is 18.0 Å². The average Bonchev–Trinajstić information content (AvgIpc) is 3.46. The molecule has 1 aromatic heterocycles. The molecule has 2 aromatic carbocycles. The number of carbonyl (C=O) groups is 2. The summed E-state index contributed by atoms with van der Waals surface area (Å²) >= 11 is 8.00. The molecule has 2 fully saturated rings. The van der Waals surface area contributed by atoms with Gasteiger partial charge in [0.25, 0.3) is 0 Å². The number of rotatable bonds is 10. The summed E-state index contributed by atoms with van der Waals surface area (Å²) in [7, 11) is 0. The number of hydrogen-bond acceptors (Lipinski definition) is 4. The van der Waals surface area contributed by atoms with E-state index in [4.69, 9.17) is 16.3 Å². The van der Waals surface area contributed by atoms with Gasteiger partial charge in [0.1, 0.15) is 12.4 Å². The van der Waals surface area contributed by atoms with E-state index >= 15 is 0 Å². The highest BCUT2D eigenvalue weighted by Crippen LogP contribution is 2.42. The summed E-state index contributed by atoms with van der Waals surface area (Å²) in [5.41, 5.74) is 3.69. The summed E-state index contributed by atoms with van der Waals surface area (Å²) in [5, 5.41) is 11.9. The van der Waals surface area contributed by atoms with Crippen LogP contribution in [-0.4, -0.2) is 50.7 Å². The fraction of sp³-hybridized carbons (Fsp3) is 0.500. The highest BCUT2D eigenvalue weighted by Gasteiger charge is 2.34. The zero-order valence-corrected chi connectivity index (χ0v) is 25.4. The van der Waals surface area contributed by atoms with Crippen molar-refractivity contribution in [1.29, 1.82) is 0 Å². The van der Waals surface area contributed by atoms with Crippen molar-refractivity contribution in [3.8, 4) is 5.75 Å². The van der Waals surface area contributed by atoms with Crippen molar-refractivity contribution in [3.63, 3.8) is 0 Å². The zero-order valence-electron chi connectivity index (χ0n) is 23.8. The predicted octanol–water partition coefficient (Wildman–Crippen LogP) is 7.34. The number of aliphatic carboxylic acids is 1. The average molecular weight is 583 g/mol. The molecule has 1 N–H and O–H groups in total. The summed E-state index contributed by atoms with van der Waals surface area (Å²) in [4.78, 5) is 26.1. The van der Waals surface area contributed by atoms with Gasteiger partial charge in [-0.05, 0) is 81.0 Å². The fourth-order valence-electron chi connectivity index (χ4n) is 6.00. The number of ether oxygens (including phenoxy) is 1. The molecule has 0 bridgehead atoms. The van der Waals surface area contributed by atoms with Crippen LogP contribution in [-0.2, 0) is 16.0 Å². The second-order valence-corrected chi connectivity index (χ2v) is 13.5. The summed E-state index contributed by atoms with van der Waals surface area (Å²) < 4.78 is 8.63. The van der Waals surface area contributed by atoms with Crippen molar-refractivity contribution in [2.24, 2.45) is 11.3 Å². The van der Waals surface area contributed by atoms with Gasteiger partial charge in [-0.2, -0.15) is 0 Å². The molecule has 8 heteroatoms. The number of fused-ring (bicyclic) bond motifs is 1. The number of nitrogens with zero attached hydrogens (tertiary/aromatic N) is 2. The molecule has 0 spiro atoms. The van der Waals surface area contributed by atoms with E-state index in [0.29, 0.717) is 24.0 Å². The van der Waals surface area contributed by atoms with E-state index in [1.165, 1.54) is 35.9 Å². The Bertz CT molecular complexity index is 1400. The monoisotopic (exact) mass is 582 g/mol. The Balaban J connectivity index is 1.56. The van der Waals surface area contributed by atoms with Crippen molar-refractivity contribution >= 4 is 46.1 Å². The molecular weight excluding hydrogens is 544 g/mol. The molecule has 2 aliphatic rings. The number of benzene rings is 2. The lowest BCUT2D eigenvalue weighted by Crippen LogP contribution is -2.38. The quantitative estimate of drug-likeness (QED) is 0.271. The van der Waals surface area contributed by atoms with Gasteiger partial charge in [0, 0.05) is 34.3 Å². The number of carboxylic acids is 1. The summed E-state index contributed by atoms with van der Waals surface area (Å²) in [6.45, 7) is 7.85. The van der Waals surface area contributed by atoms with Gasteiger partial charge in [-0.3, -0.25) is 9.59 Å². The SMILES string of the molecule is CC(=O)N1CSCC1COc1ccc2c(c1)c(CC1CCC1)c(C)n2C(CC(C)(C)C(=O)O)c1ccc(Cl)cc1. The van der Waals surface area contributed by atoms with E-state index in [1.54, 1.807) is 32.5 Å². The molecular formula is C32H39ClN2O4S. The van der Waals surface area contributed by atoms with Crippen LogP contribution in [0.25, 0.3) is 10.9 Å². The molecule has 1 saturated heterocycles. The lowest BCUT2D eigenvalue weighted by Gasteiger charge is -2.30. The third kappa shape index (κ3) is 5.87. The summed E-state index contributed by atoms with van der Waals surface area (Å²) in [5.74, 6) is 2.35. The van der Waals surface area contributed by atoms with Gasteiger partial charge in [0.15, 0.2) is 0 Å². The molecule has 214 valence electrons. The van der Waals surface area contributed by atoms with Gasteiger partial charge in [0.2, 0.25) is 5.91 Å². The van der Waals surface area contributed by atoms with Crippen LogP contribution in [0, 0.1) is 18.3 Å². The number of aromatic nitrogens is 1. The molecule has 1 saturated carbocycles. The van der Waals surface area contributed by atoms with Crippen molar-refractivity contribution in [3.05, 3.63) is 64.3 Å². The van der Waals surface area contributed by atoms with E-state index in [1.807, 2.05) is 35.2 Å². The predicted molar refractivity (Wildman–Crippen MR) is 162 cm³/mol. The molecule has 40 heavy (non-hydrogen) atoms. The fourth-order valence-corrected chi connectivity index (χ4v) is 7.37. The summed E-state index contributed by atoms with van der Waals surface area (Å²) in [6, 6.07) is 14.0. The van der Waals surface area contributed by atoms with Gasteiger partial charge >= 0.3 is 5.97 Å². The molecule has 1 amide bonds. The van der Waals surface area contributed by atoms with Crippen molar-refractivity contribution in [2.75, 3.05) is 18.2 Å². The third-order valence-corrected chi connectivity index (χ3v) is 10.1. The first-order valence-electron chi connectivity index (χ1n) is 14.1. The maximum absolute atomic E-state index is 12.2. The Hall–Kier alpha value is -2.64. The maximum atomic E-state index is 12.2. The van der Waals surface area contributed by atoms with Crippen LogP contribution < -0.4 is 4.74 Å². The number of carbonyl (C=O) groups excluding carboxylic acids is 1. The standard InChI is InChI=1S/C32H39ClN2O4S/c1-20-27(14-22-6-5-7-22)28-15-26(39-17-25-18-40-19-34(25)21(2)36)12-13-29(28)35(20)30(16-32(3,4)31(37)38)23-8-10-24(33)11-9-23/h8-13,15,22,25,30H,5-7,14,16-19H2,1-4H3,(H,37,38). The van der Waals surface area contributed by atoms with Gasteiger partial charge in [-0.1, -0.05) is 43.0 Å². The van der Waals surface area contributed by atoms with E-state index in [9.17, 15) is 14.7 Å². The highest BCUT2D eigenvalue weighted by atomic mass is 35.5. The van der Waals surface area contributed by atoms with Crippen molar-refractivity contribution in [2.45, 2.75) is 71.9 Å². The van der Waals surface area contributed by atoms with Crippen LogP contribution in [0.15, 0.2) is 42.5 Å². The zero-order chi connectivity index (χ0) is 28.6. The molecule has 3 aromatic rings. The third-order valence-electron chi connectivity index (χ3n) is 8.75. The Morgan fingerprint density at radius 1 is 1.18 bits per heavy atom. The molecule has 5 rings (SSSR count). The lowest BCUT2D eigenvalue weighted by atomic mass is 9.80. The second-order valence-electron chi connectivity index (χ2n) is 12.0. The van der Waals surface area contributed by atoms with Crippen molar-refractivity contribution in [1.82, 2.24) is 9.47 Å². The highest BCUT2D eigenvalue weighted by molar-refractivity contribution is 7.99. The molecule has 1 aliphatic carbocycles.